The Morgan fingerprint density at radius 3 is 2.35 bits per heavy atom. The fourth-order valence-corrected chi connectivity index (χ4v) is 2.01. The number of nitrogens with zero attached hydrogens (tertiary/aromatic N) is 1. The molecule has 0 bridgehead atoms. The van der Waals surface area contributed by atoms with Gasteiger partial charge in [0.1, 0.15) is 0 Å². The molecule has 0 heterocycles. The average molecular weight is 297 g/mol. The zero-order chi connectivity index (χ0) is 14.8. The predicted octanol–water partition coefficient (Wildman–Crippen LogP) is 2.03. The van der Waals surface area contributed by atoms with Crippen LogP contribution < -0.4 is 0 Å². The molecule has 0 N–H and O–H groups in total. The fraction of sp³-hybridized carbons (Fsp3) is 0.533. The van der Waals surface area contributed by atoms with Crippen LogP contribution >= 0.6 is 12.6 Å². The summed E-state index contributed by atoms with van der Waals surface area (Å²) < 4.78 is 10.1. The van der Waals surface area contributed by atoms with Gasteiger partial charge in [0.15, 0.2) is 0 Å². The van der Waals surface area contributed by atoms with Crippen molar-refractivity contribution in [3.63, 3.8) is 0 Å². The van der Waals surface area contributed by atoms with Gasteiger partial charge in [0.05, 0.1) is 13.0 Å². The number of rotatable bonds is 9. The smallest absolute Gasteiger partial charge is 0.227 e. The van der Waals surface area contributed by atoms with Gasteiger partial charge in [-0.15, -0.1) is 12.6 Å². The van der Waals surface area contributed by atoms with Crippen molar-refractivity contribution in [1.82, 2.24) is 4.90 Å². The van der Waals surface area contributed by atoms with Crippen LogP contribution in [0.2, 0.25) is 0 Å². The van der Waals surface area contributed by atoms with Crippen LogP contribution in [-0.2, 0) is 20.7 Å². The van der Waals surface area contributed by atoms with Gasteiger partial charge in [-0.1, -0.05) is 12.1 Å². The molecule has 0 saturated carbocycles. The van der Waals surface area contributed by atoms with Gasteiger partial charge in [0.25, 0.3) is 0 Å². The summed E-state index contributed by atoms with van der Waals surface area (Å²) in [5.41, 5.74) is 1.00. The lowest BCUT2D eigenvalue weighted by molar-refractivity contribution is -0.131. The summed E-state index contributed by atoms with van der Waals surface area (Å²) in [6.45, 7) is 2.52. The van der Waals surface area contributed by atoms with E-state index in [0.717, 1.165) is 16.9 Å². The maximum Gasteiger partial charge on any atom is 0.227 e. The van der Waals surface area contributed by atoms with Gasteiger partial charge in [-0.05, 0) is 24.1 Å². The van der Waals surface area contributed by atoms with E-state index in [2.05, 4.69) is 12.6 Å². The molecule has 20 heavy (non-hydrogen) atoms. The standard InChI is InChI=1S/C15H23NO3S/c1-18-10-3-8-16(9-11-19-2)15(17)12-13-4-6-14(20)7-5-13/h4-7,20H,3,8-12H2,1-2H3. The van der Waals surface area contributed by atoms with Crippen molar-refractivity contribution in [1.29, 1.82) is 0 Å². The van der Waals surface area contributed by atoms with E-state index in [1.54, 1.807) is 14.2 Å². The van der Waals surface area contributed by atoms with Gasteiger partial charge < -0.3 is 14.4 Å². The minimum absolute atomic E-state index is 0.116. The summed E-state index contributed by atoms with van der Waals surface area (Å²) in [5, 5.41) is 0. The minimum atomic E-state index is 0.116. The Morgan fingerprint density at radius 1 is 1.10 bits per heavy atom. The first-order chi connectivity index (χ1) is 9.67. The van der Waals surface area contributed by atoms with E-state index in [-0.39, 0.29) is 5.91 Å². The molecule has 0 radical (unpaired) electrons. The molecular formula is C15H23NO3S. The normalized spacial score (nSPS) is 10.6. The van der Waals surface area contributed by atoms with Crippen LogP contribution in [0.15, 0.2) is 29.2 Å². The molecule has 0 saturated heterocycles. The van der Waals surface area contributed by atoms with Crippen molar-refractivity contribution in [2.75, 3.05) is 40.5 Å². The molecule has 1 aromatic rings. The van der Waals surface area contributed by atoms with Crippen molar-refractivity contribution in [3.05, 3.63) is 29.8 Å². The number of methoxy groups -OCH3 is 2. The van der Waals surface area contributed by atoms with Crippen LogP contribution in [0, 0.1) is 0 Å². The number of carbonyl (C=O) groups excluding carboxylic acids is 1. The highest BCUT2D eigenvalue weighted by atomic mass is 32.1. The van der Waals surface area contributed by atoms with Crippen molar-refractivity contribution >= 4 is 18.5 Å². The topological polar surface area (TPSA) is 38.8 Å². The average Bonchev–Trinajstić information content (AvgIpc) is 2.45. The molecule has 0 aromatic heterocycles. The summed E-state index contributed by atoms with van der Waals surface area (Å²) in [7, 11) is 3.31. The lowest BCUT2D eigenvalue weighted by Crippen LogP contribution is -2.36. The molecule has 4 nitrogen and oxygen atoms in total. The summed E-state index contributed by atoms with van der Waals surface area (Å²) in [6, 6.07) is 7.67. The fourth-order valence-electron chi connectivity index (χ4n) is 1.86. The number of ether oxygens (including phenoxy) is 2. The molecule has 112 valence electrons. The zero-order valence-electron chi connectivity index (χ0n) is 12.2. The molecular weight excluding hydrogens is 274 g/mol. The van der Waals surface area contributed by atoms with Gasteiger partial charge >= 0.3 is 0 Å². The van der Waals surface area contributed by atoms with E-state index in [4.69, 9.17) is 9.47 Å². The Kier molecular flexibility index (Phi) is 8.34. The van der Waals surface area contributed by atoms with E-state index < -0.39 is 0 Å². The van der Waals surface area contributed by atoms with E-state index in [1.165, 1.54) is 0 Å². The van der Waals surface area contributed by atoms with E-state index in [0.29, 0.717) is 32.7 Å². The number of hydrogen-bond donors (Lipinski definition) is 1. The van der Waals surface area contributed by atoms with Gasteiger partial charge in [0, 0.05) is 38.8 Å². The third-order valence-corrected chi connectivity index (χ3v) is 3.28. The van der Waals surface area contributed by atoms with Gasteiger partial charge in [-0.2, -0.15) is 0 Å². The van der Waals surface area contributed by atoms with Crippen LogP contribution in [0.1, 0.15) is 12.0 Å². The highest BCUT2D eigenvalue weighted by molar-refractivity contribution is 7.80. The van der Waals surface area contributed by atoms with Gasteiger partial charge in [-0.25, -0.2) is 0 Å². The number of benzene rings is 1. The summed E-state index contributed by atoms with van der Waals surface area (Å²) in [4.78, 5) is 15.0. The number of thiol groups is 1. The molecule has 0 unspecified atom stereocenters. The predicted molar refractivity (Wildman–Crippen MR) is 82.3 cm³/mol. The Balaban J connectivity index is 2.54. The third-order valence-electron chi connectivity index (χ3n) is 2.99. The zero-order valence-corrected chi connectivity index (χ0v) is 13.1. The molecule has 0 aliphatic heterocycles. The highest BCUT2D eigenvalue weighted by Gasteiger charge is 2.13. The Hall–Kier alpha value is -1.04. The van der Waals surface area contributed by atoms with Crippen molar-refractivity contribution < 1.29 is 14.3 Å². The molecule has 0 fully saturated rings. The SMILES string of the molecule is COCCCN(CCOC)C(=O)Cc1ccc(S)cc1. The monoisotopic (exact) mass is 297 g/mol. The molecule has 1 rings (SSSR count). The Bertz CT molecular complexity index is 395. The maximum absolute atomic E-state index is 12.3. The number of hydrogen-bond acceptors (Lipinski definition) is 4. The summed E-state index contributed by atoms with van der Waals surface area (Å²) >= 11 is 4.24. The first kappa shape index (κ1) is 17.0. The first-order valence-electron chi connectivity index (χ1n) is 6.71. The largest absolute Gasteiger partial charge is 0.385 e. The van der Waals surface area contributed by atoms with Crippen LogP contribution in [-0.4, -0.2) is 51.3 Å². The summed E-state index contributed by atoms with van der Waals surface area (Å²) in [5.74, 6) is 0.116. The number of amides is 1. The minimum Gasteiger partial charge on any atom is -0.385 e. The molecule has 1 aromatic carbocycles. The van der Waals surface area contributed by atoms with Crippen molar-refractivity contribution in [2.24, 2.45) is 0 Å². The quantitative estimate of drug-likeness (QED) is 0.560. The molecule has 0 atom stereocenters. The maximum atomic E-state index is 12.3. The van der Waals surface area contributed by atoms with Crippen LogP contribution in [0.3, 0.4) is 0 Å². The van der Waals surface area contributed by atoms with Crippen LogP contribution in [0.5, 0.6) is 0 Å². The van der Waals surface area contributed by atoms with Crippen LogP contribution in [0.25, 0.3) is 0 Å². The van der Waals surface area contributed by atoms with Crippen LogP contribution in [0.4, 0.5) is 0 Å². The van der Waals surface area contributed by atoms with E-state index in [1.807, 2.05) is 29.2 Å². The molecule has 5 heteroatoms. The lowest BCUT2D eigenvalue weighted by Gasteiger charge is -2.22. The Morgan fingerprint density at radius 2 is 1.75 bits per heavy atom. The molecule has 1 amide bonds. The molecule has 0 aliphatic rings. The van der Waals surface area contributed by atoms with E-state index in [9.17, 15) is 4.79 Å². The molecule has 0 aliphatic carbocycles. The lowest BCUT2D eigenvalue weighted by atomic mass is 10.1. The second kappa shape index (κ2) is 9.80. The van der Waals surface area contributed by atoms with Crippen molar-refractivity contribution in [3.8, 4) is 0 Å². The molecule has 0 spiro atoms. The summed E-state index contributed by atoms with van der Waals surface area (Å²) in [6.07, 6.45) is 1.24. The Labute approximate surface area is 126 Å². The van der Waals surface area contributed by atoms with Gasteiger partial charge in [0.2, 0.25) is 5.91 Å². The van der Waals surface area contributed by atoms with E-state index >= 15 is 0 Å². The van der Waals surface area contributed by atoms with Gasteiger partial charge in [-0.3, -0.25) is 4.79 Å². The van der Waals surface area contributed by atoms with Crippen molar-refractivity contribution in [2.45, 2.75) is 17.7 Å². The highest BCUT2D eigenvalue weighted by Crippen LogP contribution is 2.09. The second-order valence-electron chi connectivity index (χ2n) is 4.56. The third kappa shape index (κ3) is 6.41. The first-order valence-corrected chi connectivity index (χ1v) is 7.15. The second-order valence-corrected chi connectivity index (χ2v) is 5.08. The number of carbonyl (C=O) groups is 1.